The first-order chi connectivity index (χ1) is 9.31. The SMILES string of the molecule is CCCn1cc(S(=O)(=O)NCC(C)CC)cc1C(=O)O. The van der Waals surface area contributed by atoms with Gasteiger partial charge in [0.15, 0.2) is 0 Å². The monoisotopic (exact) mass is 302 g/mol. The van der Waals surface area contributed by atoms with Crippen LogP contribution in [0.4, 0.5) is 0 Å². The molecule has 7 heteroatoms. The topological polar surface area (TPSA) is 88.4 Å². The van der Waals surface area contributed by atoms with Gasteiger partial charge in [-0.25, -0.2) is 17.9 Å². The van der Waals surface area contributed by atoms with Crippen molar-refractivity contribution in [2.24, 2.45) is 5.92 Å². The van der Waals surface area contributed by atoms with Gasteiger partial charge in [-0.1, -0.05) is 27.2 Å². The fourth-order valence-corrected chi connectivity index (χ4v) is 2.92. The molecule has 0 fully saturated rings. The van der Waals surface area contributed by atoms with Crippen molar-refractivity contribution in [1.82, 2.24) is 9.29 Å². The smallest absolute Gasteiger partial charge is 0.352 e. The van der Waals surface area contributed by atoms with E-state index in [0.29, 0.717) is 13.1 Å². The highest BCUT2D eigenvalue weighted by atomic mass is 32.2. The Hall–Kier alpha value is -1.34. The average Bonchev–Trinajstić information content (AvgIpc) is 2.81. The number of aryl methyl sites for hydroxylation is 1. The Morgan fingerprint density at radius 2 is 2.10 bits per heavy atom. The zero-order chi connectivity index (χ0) is 15.3. The van der Waals surface area contributed by atoms with Crippen molar-refractivity contribution in [3.8, 4) is 0 Å². The third-order valence-corrected chi connectivity index (χ3v) is 4.57. The standard InChI is InChI=1S/C13H22N2O4S/c1-4-6-15-9-11(7-12(15)13(16)17)20(18,19)14-8-10(3)5-2/h7,9-10,14H,4-6,8H2,1-3H3,(H,16,17). The minimum absolute atomic E-state index is 0.00392. The van der Waals surface area contributed by atoms with Gasteiger partial charge in [-0.2, -0.15) is 0 Å². The van der Waals surface area contributed by atoms with Gasteiger partial charge in [0.1, 0.15) is 10.6 Å². The van der Waals surface area contributed by atoms with Gasteiger partial charge in [0, 0.05) is 19.3 Å². The van der Waals surface area contributed by atoms with E-state index in [0.717, 1.165) is 12.8 Å². The van der Waals surface area contributed by atoms with Gasteiger partial charge in [0.25, 0.3) is 0 Å². The van der Waals surface area contributed by atoms with Crippen molar-refractivity contribution in [2.45, 2.75) is 45.1 Å². The van der Waals surface area contributed by atoms with E-state index >= 15 is 0 Å². The number of carbonyl (C=O) groups is 1. The normalized spacial score (nSPS) is 13.3. The molecule has 0 aliphatic rings. The number of aromatic nitrogens is 1. The van der Waals surface area contributed by atoms with E-state index in [-0.39, 0.29) is 16.5 Å². The summed E-state index contributed by atoms with van der Waals surface area (Å²) in [6.07, 6.45) is 2.99. The fourth-order valence-electron chi connectivity index (χ4n) is 1.72. The molecule has 0 bridgehead atoms. The largest absolute Gasteiger partial charge is 0.477 e. The number of hydrogen-bond acceptors (Lipinski definition) is 3. The summed E-state index contributed by atoms with van der Waals surface area (Å²) in [6.45, 7) is 6.66. The van der Waals surface area contributed by atoms with Crippen LogP contribution in [-0.2, 0) is 16.6 Å². The van der Waals surface area contributed by atoms with Crippen molar-refractivity contribution >= 4 is 16.0 Å². The van der Waals surface area contributed by atoms with Gasteiger partial charge in [-0.05, 0) is 18.4 Å². The molecule has 1 rings (SSSR count). The zero-order valence-corrected chi connectivity index (χ0v) is 12.9. The van der Waals surface area contributed by atoms with E-state index in [9.17, 15) is 13.2 Å². The molecule has 1 unspecified atom stereocenters. The summed E-state index contributed by atoms with van der Waals surface area (Å²) in [6, 6.07) is 1.21. The summed E-state index contributed by atoms with van der Waals surface area (Å²) in [5.41, 5.74) is -0.00392. The molecule has 0 saturated carbocycles. The van der Waals surface area contributed by atoms with Crippen molar-refractivity contribution < 1.29 is 18.3 Å². The number of carboxylic acids is 1. The number of rotatable bonds is 8. The number of carboxylic acid groups (broad SMARTS) is 1. The van der Waals surface area contributed by atoms with Crippen LogP contribution in [0.15, 0.2) is 17.2 Å². The first kappa shape index (κ1) is 16.7. The summed E-state index contributed by atoms with van der Waals surface area (Å²) in [4.78, 5) is 11.1. The molecule has 20 heavy (non-hydrogen) atoms. The molecule has 0 saturated heterocycles. The molecule has 6 nitrogen and oxygen atoms in total. The highest BCUT2D eigenvalue weighted by molar-refractivity contribution is 7.89. The maximum absolute atomic E-state index is 12.1. The lowest BCUT2D eigenvalue weighted by atomic mass is 10.1. The van der Waals surface area contributed by atoms with Crippen LogP contribution in [-0.4, -0.2) is 30.6 Å². The number of hydrogen-bond donors (Lipinski definition) is 2. The van der Waals surface area contributed by atoms with Crippen LogP contribution in [0.25, 0.3) is 0 Å². The van der Waals surface area contributed by atoms with Gasteiger partial charge in [-0.15, -0.1) is 0 Å². The van der Waals surface area contributed by atoms with Gasteiger partial charge in [-0.3, -0.25) is 0 Å². The Bertz CT molecular complexity index is 563. The van der Waals surface area contributed by atoms with Crippen LogP contribution in [0.3, 0.4) is 0 Å². The maximum Gasteiger partial charge on any atom is 0.352 e. The lowest BCUT2D eigenvalue weighted by molar-refractivity contribution is 0.0685. The van der Waals surface area contributed by atoms with E-state index < -0.39 is 16.0 Å². The second-order valence-electron chi connectivity index (χ2n) is 4.92. The predicted molar refractivity (Wildman–Crippen MR) is 76.3 cm³/mol. The molecule has 0 spiro atoms. The highest BCUT2D eigenvalue weighted by Crippen LogP contribution is 2.15. The van der Waals surface area contributed by atoms with Gasteiger partial charge < -0.3 is 9.67 Å². The molecular weight excluding hydrogens is 280 g/mol. The van der Waals surface area contributed by atoms with Gasteiger partial charge in [0.2, 0.25) is 10.0 Å². The summed E-state index contributed by atoms with van der Waals surface area (Å²) in [5, 5.41) is 9.09. The van der Waals surface area contributed by atoms with E-state index in [1.165, 1.54) is 16.8 Å². The Morgan fingerprint density at radius 1 is 1.45 bits per heavy atom. The molecule has 0 aliphatic heterocycles. The van der Waals surface area contributed by atoms with Crippen molar-refractivity contribution in [2.75, 3.05) is 6.54 Å². The maximum atomic E-state index is 12.1. The summed E-state index contributed by atoms with van der Waals surface area (Å²) >= 11 is 0. The molecule has 1 heterocycles. The van der Waals surface area contributed by atoms with E-state index in [2.05, 4.69) is 4.72 Å². The fraction of sp³-hybridized carbons (Fsp3) is 0.615. The summed E-state index contributed by atoms with van der Waals surface area (Å²) < 4.78 is 28.2. The van der Waals surface area contributed by atoms with Gasteiger partial charge >= 0.3 is 5.97 Å². The quantitative estimate of drug-likeness (QED) is 0.768. The summed E-state index contributed by atoms with van der Waals surface area (Å²) in [5.74, 6) is -0.886. The van der Waals surface area contributed by atoms with Crippen LogP contribution >= 0.6 is 0 Å². The second-order valence-corrected chi connectivity index (χ2v) is 6.69. The molecule has 0 aromatic carbocycles. The van der Waals surface area contributed by atoms with Crippen molar-refractivity contribution in [3.63, 3.8) is 0 Å². The lowest BCUT2D eigenvalue weighted by Gasteiger charge is -2.09. The Balaban J connectivity index is 3.00. The highest BCUT2D eigenvalue weighted by Gasteiger charge is 2.21. The van der Waals surface area contributed by atoms with E-state index in [1.807, 2.05) is 20.8 Å². The van der Waals surface area contributed by atoms with E-state index in [4.69, 9.17) is 5.11 Å². The molecule has 1 aromatic heterocycles. The zero-order valence-electron chi connectivity index (χ0n) is 12.1. The first-order valence-electron chi connectivity index (χ1n) is 6.74. The number of aromatic carboxylic acids is 1. The number of sulfonamides is 1. The molecule has 2 N–H and O–H groups in total. The molecule has 114 valence electrons. The van der Waals surface area contributed by atoms with Crippen molar-refractivity contribution in [1.29, 1.82) is 0 Å². The third-order valence-electron chi connectivity index (χ3n) is 3.18. The van der Waals surface area contributed by atoms with E-state index in [1.54, 1.807) is 0 Å². The Kier molecular flexibility index (Phi) is 5.76. The second kappa shape index (κ2) is 6.90. The third kappa shape index (κ3) is 4.08. The van der Waals surface area contributed by atoms with Crippen LogP contribution < -0.4 is 4.72 Å². The van der Waals surface area contributed by atoms with Crippen LogP contribution in [0, 0.1) is 5.92 Å². The lowest BCUT2D eigenvalue weighted by Crippen LogP contribution is -2.28. The Morgan fingerprint density at radius 3 is 2.60 bits per heavy atom. The van der Waals surface area contributed by atoms with Crippen LogP contribution in [0.2, 0.25) is 0 Å². The first-order valence-corrected chi connectivity index (χ1v) is 8.23. The molecule has 0 aliphatic carbocycles. The predicted octanol–water partition coefficient (Wildman–Crippen LogP) is 1.92. The molecular formula is C13H22N2O4S. The van der Waals surface area contributed by atoms with Crippen LogP contribution in [0.1, 0.15) is 44.1 Å². The molecule has 0 amide bonds. The molecule has 1 atom stereocenters. The van der Waals surface area contributed by atoms with Crippen molar-refractivity contribution in [3.05, 3.63) is 18.0 Å². The Labute approximate surface area is 119 Å². The number of nitrogens with one attached hydrogen (secondary N) is 1. The van der Waals surface area contributed by atoms with Crippen LogP contribution in [0.5, 0.6) is 0 Å². The van der Waals surface area contributed by atoms with Gasteiger partial charge in [0.05, 0.1) is 0 Å². The summed E-state index contributed by atoms with van der Waals surface area (Å²) in [7, 11) is -3.65. The minimum Gasteiger partial charge on any atom is -0.477 e. The molecule has 1 aromatic rings. The average molecular weight is 302 g/mol. The molecule has 0 radical (unpaired) electrons. The number of nitrogens with zero attached hydrogens (tertiary/aromatic N) is 1. The minimum atomic E-state index is -3.65.